The molecule has 0 radical (unpaired) electrons. The maximum Gasteiger partial charge on any atom is 0.238 e. The Balaban J connectivity index is 1.84. The lowest BCUT2D eigenvalue weighted by Crippen LogP contribution is -2.39. The highest BCUT2D eigenvalue weighted by molar-refractivity contribution is 9.10. The number of benzene rings is 2. The largest absolute Gasteiger partial charge is 0.348 e. The molecule has 28 heavy (non-hydrogen) atoms. The Kier molecular flexibility index (Phi) is 7.78. The van der Waals surface area contributed by atoms with Gasteiger partial charge in [0.2, 0.25) is 11.8 Å². The first-order valence-corrected chi connectivity index (χ1v) is 10.1. The average Bonchev–Trinajstić information content (AvgIpc) is 2.59. The van der Waals surface area contributed by atoms with Gasteiger partial charge in [0.1, 0.15) is 0 Å². The second-order valence-electron chi connectivity index (χ2n) is 7.31. The number of hydrogen-bond acceptors (Lipinski definition) is 3. The van der Waals surface area contributed by atoms with Gasteiger partial charge < -0.3 is 10.6 Å². The van der Waals surface area contributed by atoms with Gasteiger partial charge in [0.15, 0.2) is 0 Å². The molecule has 5 nitrogen and oxygen atoms in total. The molecule has 150 valence electrons. The minimum absolute atomic E-state index is 0.0839. The Morgan fingerprint density at radius 2 is 1.64 bits per heavy atom. The van der Waals surface area contributed by atoms with E-state index in [0.29, 0.717) is 0 Å². The van der Waals surface area contributed by atoms with Crippen LogP contribution in [0.15, 0.2) is 40.9 Å². The molecule has 6 heteroatoms. The molecule has 2 aromatic carbocycles. The van der Waals surface area contributed by atoms with Crippen LogP contribution in [0.1, 0.15) is 35.2 Å². The predicted molar refractivity (Wildman–Crippen MR) is 117 cm³/mol. The van der Waals surface area contributed by atoms with Crippen molar-refractivity contribution in [1.29, 1.82) is 0 Å². The van der Waals surface area contributed by atoms with Gasteiger partial charge in [-0.25, -0.2) is 0 Å². The van der Waals surface area contributed by atoms with Crippen LogP contribution >= 0.6 is 15.9 Å². The van der Waals surface area contributed by atoms with Gasteiger partial charge >= 0.3 is 0 Å². The van der Waals surface area contributed by atoms with Crippen molar-refractivity contribution >= 4 is 33.4 Å². The molecule has 0 spiro atoms. The normalized spacial score (nSPS) is 12.0. The van der Waals surface area contributed by atoms with Gasteiger partial charge in [-0.1, -0.05) is 34.1 Å². The predicted octanol–water partition coefficient (Wildman–Crippen LogP) is 4.12. The van der Waals surface area contributed by atoms with Crippen LogP contribution in [0.4, 0.5) is 5.69 Å². The summed E-state index contributed by atoms with van der Waals surface area (Å²) in [6, 6.07) is 11.8. The van der Waals surface area contributed by atoms with E-state index >= 15 is 0 Å². The highest BCUT2D eigenvalue weighted by Crippen LogP contribution is 2.20. The maximum absolute atomic E-state index is 12.3. The molecule has 0 saturated carbocycles. The molecule has 0 aliphatic carbocycles. The molecule has 0 aliphatic heterocycles. The third-order valence-corrected chi connectivity index (χ3v) is 5.19. The molecule has 0 bridgehead atoms. The number of halogens is 1. The number of carbonyl (C=O) groups is 2. The van der Waals surface area contributed by atoms with Gasteiger partial charge in [0.05, 0.1) is 19.1 Å². The number of likely N-dealkylation sites (N-methyl/N-ethyl adjacent to an activating group) is 1. The second-order valence-corrected chi connectivity index (χ2v) is 8.23. The summed E-state index contributed by atoms with van der Waals surface area (Å²) in [5.41, 5.74) is 5.26. The first-order valence-electron chi connectivity index (χ1n) is 9.26. The molecule has 0 aromatic heterocycles. The van der Waals surface area contributed by atoms with Gasteiger partial charge in [0.25, 0.3) is 0 Å². The van der Waals surface area contributed by atoms with Crippen LogP contribution in [-0.2, 0) is 9.59 Å². The molecular weight excluding hydrogens is 418 g/mol. The Morgan fingerprint density at radius 3 is 2.29 bits per heavy atom. The van der Waals surface area contributed by atoms with Crippen molar-refractivity contribution in [3.05, 3.63) is 63.1 Å². The standard InChI is InChI=1S/C22H28BrN3O2/c1-14-6-7-18(10-15(14)2)17(4)24-21(27)12-26(5)13-22(28)25-20-9-8-19(23)11-16(20)3/h6-11,17H,12-13H2,1-5H3,(H,24,27)(H,25,28). The summed E-state index contributed by atoms with van der Waals surface area (Å²) < 4.78 is 0.967. The van der Waals surface area contributed by atoms with Crippen LogP contribution in [0, 0.1) is 20.8 Å². The minimum Gasteiger partial charge on any atom is -0.348 e. The topological polar surface area (TPSA) is 61.4 Å². The lowest BCUT2D eigenvalue weighted by molar-refractivity contribution is -0.123. The summed E-state index contributed by atoms with van der Waals surface area (Å²) in [5, 5.41) is 5.88. The first-order chi connectivity index (χ1) is 13.2. The van der Waals surface area contributed by atoms with Crippen molar-refractivity contribution < 1.29 is 9.59 Å². The van der Waals surface area contributed by atoms with Crippen LogP contribution in [0.5, 0.6) is 0 Å². The highest BCUT2D eigenvalue weighted by Gasteiger charge is 2.14. The van der Waals surface area contributed by atoms with E-state index in [0.717, 1.165) is 21.3 Å². The fourth-order valence-corrected chi connectivity index (χ4v) is 3.38. The van der Waals surface area contributed by atoms with Gasteiger partial charge in [-0.3, -0.25) is 14.5 Å². The fourth-order valence-electron chi connectivity index (χ4n) is 2.91. The molecule has 2 aromatic rings. The van der Waals surface area contributed by atoms with Crippen LogP contribution in [0.3, 0.4) is 0 Å². The molecule has 2 N–H and O–H groups in total. The average molecular weight is 446 g/mol. The zero-order valence-electron chi connectivity index (χ0n) is 17.1. The van der Waals surface area contributed by atoms with E-state index in [1.54, 1.807) is 11.9 Å². The lowest BCUT2D eigenvalue weighted by atomic mass is 10.0. The Hall–Kier alpha value is -2.18. The first kappa shape index (κ1) is 22.1. The monoisotopic (exact) mass is 445 g/mol. The van der Waals surface area contributed by atoms with E-state index in [-0.39, 0.29) is 30.9 Å². The third kappa shape index (κ3) is 6.46. The Labute approximate surface area is 175 Å². The molecular formula is C22H28BrN3O2. The van der Waals surface area contributed by atoms with Gasteiger partial charge in [-0.2, -0.15) is 0 Å². The molecule has 2 amide bonds. The van der Waals surface area contributed by atoms with Crippen molar-refractivity contribution in [2.75, 3.05) is 25.5 Å². The summed E-state index contributed by atoms with van der Waals surface area (Å²) in [5.74, 6) is -0.260. The lowest BCUT2D eigenvalue weighted by Gasteiger charge is -2.20. The zero-order valence-corrected chi connectivity index (χ0v) is 18.7. The van der Waals surface area contributed by atoms with Gasteiger partial charge in [-0.15, -0.1) is 0 Å². The summed E-state index contributed by atoms with van der Waals surface area (Å²) in [6.07, 6.45) is 0. The number of aryl methyl sites for hydroxylation is 3. The van der Waals surface area contributed by atoms with Gasteiger partial charge in [0, 0.05) is 10.2 Å². The summed E-state index contributed by atoms with van der Waals surface area (Å²) in [4.78, 5) is 26.3. The quantitative estimate of drug-likeness (QED) is 0.673. The van der Waals surface area contributed by atoms with Crippen LogP contribution in [-0.4, -0.2) is 36.9 Å². The van der Waals surface area contributed by atoms with Gasteiger partial charge in [-0.05, 0) is 75.2 Å². The number of anilines is 1. The smallest absolute Gasteiger partial charge is 0.238 e. The van der Waals surface area contributed by atoms with Crippen molar-refractivity contribution in [1.82, 2.24) is 10.2 Å². The van der Waals surface area contributed by atoms with E-state index in [2.05, 4.69) is 52.5 Å². The molecule has 1 unspecified atom stereocenters. The van der Waals surface area contributed by atoms with E-state index in [4.69, 9.17) is 0 Å². The Morgan fingerprint density at radius 1 is 0.964 bits per heavy atom. The third-order valence-electron chi connectivity index (χ3n) is 4.70. The molecule has 0 heterocycles. The summed E-state index contributed by atoms with van der Waals surface area (Å²) >= 11 is 3.41. The molecule has 0 saturated heterocycles. The van der Waals surface area contributed by atoms with Crippen LogP contribution in [0.25, 0.3) is 0 Å². The van der Waals surface area contributed by atoms with Crippen LogP contribution in [0.2, 0.25) is 0 Å². The van der Waals surface area contributed by atoms with Crippen LogP contribution < -0.4 is 10.6 Å². The fraction of sp³-hybridized carbons (Fsp3) is 0.364. The van der Waals surface area contributed by atoms with E-state index in [1.807, 2.05) is 38.1 Å². The molecule has 0 fully saturated rings. The zero-order chi connectivity index (χ0) is 20.8. The highest BCUT2D eigenvalue weighted by atomic mass is 79.9. The van der Waals surface area contributed by atoms with Crippen molar-refractivity contribution in [2.24, 2.45) is 0 Å². The summed E-state index contributed by atoms with van der Waals surface area (Å²) in [7, 11) is 1.76. The van der Waals surface area contributed by atoms with Crippen molar-refractivity contribution in [3.8, 4) is 0 Å². The second kappa shape index (κ2) is 9.85. The SMILES string of the molecule is Cc1ccc(C(C)NC(=O)CN(C)CC(=O)Nc2ccc(Br)cc2C)cc1C. The number of rotatable bonds is 7. The van der Waals surface area contributed by atoms with Crippen molar-refractivity contribution in [2.45, 2.75) is 33.7 Å². The summed E-state index contributed by atoms with van der Waals surface area (Å²) in [6.45, 7) is 8.32. The van der Waals surface area contributed by atoms with E-state index in [9.17, 15) is 9.59 Å². The number of hydrogen-bond donors (Lipinski definition) is 2. The Bertz CT molecular complexity index is 867. The van der Waals surface area contributed by atoms with Crippen molar-refractivity contribution in [3.63, 3.8) is 0 Å². The maximum atomic E-state index is 12.3. The molecule has 0 aliphatic rings. The van der Waals surface area contributed by atoms with E-state index < -0.39 is 0 Å². The number of carbonyl (C=O) groups excluding carboxylic acids is 2. The minimum atomic E-state index is -0.150. The molecule has 1 atom stereocenters. The number of nitrogens with one attached hydrogen (secondary N) is 2. The number of amides is 2. The van der Waals surface area contributed by atoms with E-state index in [1.165, 1.54) is 11.1 Å². The molecule has 2 rings (SSSR count). The number of nitrogens with zero attached hydrogens (tertiary/aromatic N) is 1.